The van der Waals surface area contributed by atoms with Crippen LogP contribution in [0.1, 0.15) is 9.88 Å². The molecular weight excluding hydrogens is 188 g/mol. The van der Waals surface area contributed by atoms with Gasteiger partial charge in [-0.15, -0.1) is 11.3 Å². The molecule has 0 aliphatic heterocycles. The molecule has 13 heavy (non-hydrogen) atoms. The fraction of sp³-hybridized carbons (Fsp3) is 0.286. The van der Waals surface area contributed by atoms with E-state index >= 15 is 0 Å². The molecule has 0 aliphatic carbocycles. The summed E-state index contributed by atoms with van der Waals surface area (Å²) >= 11 is 1.41. The largest absolute Gasteiger partial charge is 0.391 e. The zero-order chi connectivity index (χ0) is 9.52. The smallest absolute Gasteiger partial charge is 0.116 e. The Balaban J connectivity index is 2.53. The van der Waals surface area contributed by atoms with E-state index in [0.29, 0.717) is 6.54 Å². The first kappa shape index (κ1) is 9.73. The van der Waals surface area contributed by atoms with Gasteiger partial charge in [-0.1, -0.05) is 11.2 Å². The molecule has 6 heteroatoms. The van der Waals surface area contributed by atoms with E-state index in [1.54, 1.807) is 18.3 Å². The molecule has 1 rings (SSSR count). The molecule has 1 heterocycles. The Morgan fingerprint density at radius 2 is 2.62 bits per heavy atom. The molecule has 0 unspecified atom stereocenters. The highest BCUT2D eigenvalue weighted by molar-refractivity contribution is 7.12. The van der Waals surface area contributed by atoms with Gasteiger partial charge in [-0.2, -0.15) is 0 Å². The number of aliphatic hydroxyl groups is 1. The summed E-state index contributed by atoms with van der Waals surface area (Å²) in [5.74, 6) is 0. The second-order valence-corrected chi connectivity index (χ2v) is 3.29. The Labute approximate surface area is 79.0 Å². The third kappa shape index (κ3) is 3.25. The number of azide groups is 1. The lowest BCUT2D eigenvalue weighted by Crippen LogP contribution is -1.70. The third-order valence-electron chi connectivity index (χ3n) is 1.24. The Kier molecular flexibility index (Phi) is 3.98. The summed E-state index contributed by atoms with van der Waals surface area (Å²) in [6, 6.07) is 0. The summed E-state index contributed by atoms with van der Waals surface area (Å²) < 4.78 is 0. The molecule has 0 amide bonds. The molecule has 0 aliphatic rings. The van der Waals surface area contributed by atoms with Crippen molar-refractivity contribution in [3.05, 3.63) is 32.6 Å². The molecule has 0 saturated heterocycles. The SMILES string of the molecule is [N-]=[N+]=NCC=Cc1ncc(CO)s1. The van der Waals surface area contributed by atoms with E-state index in [4.69, 9.17) is 10.6 Å². The highest BCUT2D eigenvalue weighted by atomic mass is 32.1. The molecule has 1 aromatic heterocycles. The van der Waals surface area contributed by atoms with Crippen molar-refractivity contribution in [1.82, 2.24) is 4.98 Å². The first-order valence-electron chi connectivity index (χ1n) is 3.59. The molecule has 0 fully saturated rings. The van der Waals surface area contributed by atoms with Crippen LogP contribution in [0, 0.1) is 0 Å². The van der Waals surface area contributed by atoms with E-state index in [1.807, 2.05) is 0 Å². The average Bonchev–Trinajstić information content (AvgIpc) is 2.60. The van der Waals surface area contributed by atoms with Crippen molar-refractivity contribution in [2.75, 3.05) is 6.54 Å². The maximum atomic E-state index is 8.74. The van der Waals surface area contributed by atoms with E-state index in [0.717, 1.165) is 9.88 Å². The second kappa shape index (κ2) is 5.31. The van der Waals surface area contributed by atoms with Crippen molar-refractivity contribution in [2.24, 2.45) is 5.11 Å². The summed E-state index contributed by atoms with van der Waals surface area (Å²) in [6.45, 7) is 0.340. The van der Waals surface area contributed by atoms with Crippen molar-refractivity contribution in [3.8, 4) is 0 Å². The van der Waals surface area contributed by atoms with Gasteiger partial charge in [0.1, 0.15) is 5.01 Å². The Morgan fingerprint density at radius 3 is 3.23 bits per heavy atom. The predicted octanol–water partition coefficient (Wildman–Crippen LogP) is 1.96. The fourth-order valence-electron chi connectivity index (χ4n) is 0.710. The summed E-state index contributed by atoms with van der Waals surface area (Å²) in [5, 5.41) is 12.9. The van der Waals surface area contributed by atoms with Crippen LogP contribution < -0.4 is 0 Å². The molecule has 0 spiro atoms. The van der Waals surface area contributed by atoms with Crippen LogP contribution in [-0.4, -0.2) is 16.6 Å². The molecule has 0 aromatic carbocycles. The highest BCUT2D eigenvalue weighted by Gasteiger charge is 1.95. The Morgan fingerprint density at radius 1 is 1.77 bits per heavy atom. The van der Waals surface area contributed by atoms with Crippen molar-refractivity contribution in [3.63, 3.8) is 0 Å². The minimum Gasteiger partial charge on any atom is -0.391 e. The van der Waals surface area contributed by atoms with Gasteiger partial charge in [0.05, 0.1) is 11.5 Å². The zero-order valence-electron chi connectivity index (χ0n) is 6.79. The second-order valence-electron chi connectivity index (χ2n) is 2.14. The molecule has 68 valence electrons. The van der Waals surface area contributed by atoms with Crippen molar-refractivity contribution in [1.29, 1.82) is 0 Å². The highest BCUT2D eigenvalue weighted by Crippen LogP contribution is 2.13. The predicted molar refractivity (Wildman–Crippen MR) is 51.1 cm³/mol. The quantitative estimate of drug-likeness (QED) is 0.453. The van der Waals surface area contributed by atoms with Crippen LogP contribution in [-0.2, 0) is 6.61 Å². The molecule has 1 N–H and O–H groups in total. The van der Waals surface area contributed by atoms with Crippen molar-refractivity contribution < 1.29 is 5.11 Å². The van der Waals surface area contributed by atoms with Gasteiger partial charge in [-0.05, 0) is 11.6 Å². The zero-order valence-corrected chi connectivity index (χ0v) is 7.61. The summed E-state index contributed by atoms with van der Waals surface area (Å²) in [4.78, 5) is 7.45. The number of rotatable bonds is 4. The van der Waals surface area contributed by atoms with Crippen LogP contribution in [0.4, 0.5) is 0 Å². The van der Waals surface area contributed by atoms with Crippen LogP contribution in [0.3, 0.4) is 0 Å². The Hall–Kier alpha value is -1.36. The number of nitrogens with zero attached hydrogens (tertiary/aromatic N) is 4. The van der Waals surface area contributed by atoms with Gasteiger partial charge in [0.2, 0.25) is 0 Å². The van der Waals surface area contributed by atoms with E-state index in [2.05, 4.69) is 15.0 Å². The number of hydrogen-bond acceptors (Lipinski definition) is 4. The molecule has 0 saturated carbocycles. The maximum Gasteiger partial charge on any atom is 0.116 e. The molecular formula is C7H8N4OS. The lowest BCUT2D eigenvalue weighted by atomic mass is 10.5. The third-order valence-corrected chi connectivity index (χ3v) is 2.19. The summed E-state index contributed by atoms with van der Waals surface area (Å²) in [6.07, 6.45) is 5.11. The normalized spacial score (nSPS) is 10.2. The molecule has 5 nitrogen and oxygen atoms in total. The fourth-order valence-corrected chi connectivity index (χ4v) is 1.42. The first-order valence-corrected chi connectivity index (χ1v) is 4.41. The summed E-state index contributed by atoms with van der Waals surface area (Å²) in [5.41, 5.74) is 7.98. The first-order chi connectivity index (χ1) is 6.36. The number of aliphatic hydroxyl groups excluding tert-OH is 1. The van der Waals surface area contributed by atoms with Crippen LogP contribution >= 0.6 is 11.3 Å². The maximum absolute atomic E-state index is 8.74. The van der Waals surface area contributed by atoms with Crippen molar-refractivity contribution in [2.45, 2.75) is 6.61 Å². The van der Waals surface area contributed by atoms with Crippen LogP contribution in [0.2, 0.25) is 0 Å². The lowest BCUT2D eigenvalue weighted by molar-refractivity contribution is 0.285. The van der Waals surface area contributed by atoms with E-state index in [9.17, 15) is 0 Å². The van der Waals surface area contributed by atoms with Crippen LogP contribution in [0.25, 0.3) is 16.5 Å². The van der Waals surface area contributed by atoms with Crippen LogP contribution in [0.5, 0.6) is 0 Å². The van der Waals surface area contributed by atoms with Gasteiger partial charge in [-0.3, -0.25) is 0 Å². The number of aromatic nitrogens is 1. The minimum absolute atomic E-state index is 0.0157. The molecule has 1 aromatic rings. The molecule has 0 bridgehead atoms. The van der Waals surface area contributed by atoms with Crippen molar-refractivity contribution >= 4 is 17.4 Å². The topological polar surface area (TPSA) is 81.9 Å². The van der Waals surface area contributed by atoms with Crippen LogP contribution in [0.15, 0.2) is 17.4 Å². The number of thiazole rings is 1. The average molecular weight is 196 g/mol. The molecule has 0 atom stereocenters. The standard InChI is InChI=1S/C7H8N4OS/c8-11-10-3-1-2-7-9-4-6(5-12)13-7/h1-2,4,12H,3,5H2. The summed E-state index contributed by atoms with van der Waals surface area (Å²) in [7, 11) is 0. The minimum atomic E-state index is 0.0157. The van der Waals surface area contributed by atoms with E-state index < -0.39 is 0 Å². The van der Waals surface area contributed by atoms with Gasteiger partial charge in [0.25, 0.3) is 0 Å². The molecule has 0 radical (unpaired) electrons. The number of hydrogen-bond donors (Lipinski definition) is 1. The Bertz CT molecular complexity index is 340. The van der Waals surface area contributed by atoms with Gasteiger partial charge in [0, 0.05) is 17.7 Å². The van der Waals surface area contributed by atoms with Gasteiger partial charge in [-0.25, -0.2) is 4.98 Å². The lowest BCUT2D eigenvalue weighted by Gasteiger charge is -1.81. The monoisotopic (exact) mass is 196 g/mol. The van der Waals surface area contributed by atoms with Gasteiger partial charge in [0.15, 0.2) is 0 Å². The van der Waals surface area contributed by atoms with Gasteiger partial charge < -0.3 is 5.11 Å². The van der Waals surface area contributed by atoms with E-state index in [1.165, 1.54) is 11.3 Å². The van der Waals surface area contributed by atoms with E-state index in [-0.39, 0.29) is 6.61 Å². The van der Waals surface area contributed by atoms with Gasteiger partial charge >= 0.3 is 0 Å².